The molecule has 0 atom stereocenters. The van der Waals surface area contributed by atoms with Crippen molar-refractivity contribution in [2.75, 3.05) is 18.0 Å². The molecule has 0 saturated heterocycles. The van der Waals surface area contributed by atoms with E-state index in [0.29, 0.717) is 5.82 Å². The van der Waals surface area contributed by atoms with E-state index in [1.807, 2.05) is 6.07 Å². The highest BCUT2D eigenvalue weighted by Crippen LogP contribution is 2.31. The van der Waals surface area contributed by atoms with Crippen LogP contribution in [0.2, 0.25) is 0 Å². The van der Waals surface area contributed by atoms with Gasteiger partial charge < -0.3 is 4.90 Å². The first-order valence-electron chi connectivity index (χ1n) is 5.24. The second-order valence-electron chi connectivity index (χ2n) is 3.76. The highest BCUT2D eigenvalue weighted by molar-refractivity contribution is 5.51. The van der Waals surface area contributed by atoms with Crippen molar-refractivity contribution in [2.45, 2.75) is 12.6 Å². The largest absolute Gasteiger partial charge is 0.412 e. The van der Waals surface area contributed by atoms with Gasteiger partial charge in [0, 0.05) is 31.1 Å². The highest BCUT2D eigenvalue weighted by Gasteiger charge is 2.35. The molecule has 4 nitrogen and oxygen atoms in total. The average Bonchev–Trinajstić information content (AvgIpc) is 2.38. The Hall–Kier alpha value is -2.10. The Labute approximate surface area is 101 Å². The van der Waals surface area contributed by atoms with Crippen LogP contribution in [0, 0.1) is 11.3 Å². The Morgan fingerprint density at radius 3 is 2.56 bits per heavy atom. The van der Waals surface area contributed by atoms with Crippen LogP contribution in [-0.2, 0) is 0 Å². The third-order valence-electron chi connectivity index (χ3n) is 2.66. The lowest BCUT2D eigenvalue weighted by Gasteiger charge is -2.28. The van der Waals surface area contributed by atoms with E-state index in [0.717, 1.165) is 6.08 Å². The summed E-state index contributed by atoms with van der Waals surface area (Å²) in [5.74, 6) is 0.331. The fraction of sp³-hybridized carbons (Fsp3) is 0.364. The van der Waals surface area contributed by atoms with Crippen LogP contribution in [0.4, 0.5) is 19.0 Å². The smallest absolute Gasteiger partial charge is 0.350 e. The lowest BCUT2D eigenvalue weighted by atomic mass is 10.1. The van der Waals surface area contributed by atoms with Crippen LogP contribution in [0.1, 0.15) is 12.1 Å². The normalized spacial score (nSPS) is 16.1. The molecule has 1 aromatic heterocycles. The van der Waals surface area contributed by atoms with Gasteiger partial charge in [0.2, 0.25) is 0 Å². The maximum absolute atomic E-state index is 12.4. The minimum atomic E-state index is -4.27. The van der Waals surface area contributed by atoms with Crippen LogP contribution in [0.5, 0.6) is 0 Å². The van der Waals surface area contributed by atoms with Gasteiger partial charge in [-0.1, -0.05) is 6.08 Å². The van der Waals surface area contributed by atoms with Gasteiger partial charge in [-0.2, -0.15) is 18.4 Å². The molecule has 1 aliphatic heterocycles. The average molecular weight is 254 g/mol. The Morgan fingerprint density at radius 2 is 2.00 bits per heavy atom. The predicted molar refractivity (Wildman–Crippen MR) is 57.7 cm³/mol. The molecule has 0 aromatic carbocycles. The Balaban J connectivity index is 2.20. The topological polar surface area (TPSA) is 52.8 Å². The van der Waals surface area contributed by atoms with E-state index in [1.165, 1.54) is 12.4 Å². The van der Waals surface area contributed by atoms with Gasteiger partial charge in [-0.15, -0.1) is 0 Å². The second kappa shape index (κ2) is 4.64. The molecule has 0 bridgehead atoms. The van der Waals surface area contributed by atoms with Crippen molar-refractivity contribution in [3.8, 4) is 6.07 Å². The molecule has 18 heavy (non-hydrogen) atoms. The van der Waals surface area contributed by atoms with Gasteiger partial charge >= 0.3 is 6.18 Å². The molecule has 0 unspecified atom stereocenters. The van der Waals surface area contributed by atoms with E-state index in [4.69, 9.17) is 5.26 Å². The first-order valence-corrected chi connectivity index (χ1v) is 5.24. The number of halogens is 3. The molecule has 7 heteroatoms. The third kappa shape index (κ3) is 2.42. The third-order valence-corrected chi connectivity index (χ3v) is 2.66. The fourth-order valence-corrected chi connectivity index (χ4v) is 1.76. The van der Waals surface area contributed by atoms with Crippen LogP contribution in [0.3, 0.4) is 0 Å². The SMILES string of the molecule is N#Cc1nccnc1N1CC=C(C(F)(F)F)CC1. The van der Waals surface area contributed by atoms with E-state index in [2.05, 4.69) is 9.97 Å². The van der Waals surface area contributed by atoms with Crippen LogP contribution in [0.25, 0.3) is 0 Å². The first kappa shape index (κ1) is 12.4. The number of aromatic nitrogens is 2. The van der Waals surface area contributed by atoms with Crippen molar-refractivity contribution < 1.29 is 13.2 Å². The summed E-state index contributed by atoms with van der Waals surface area (Å²) in [5, 5.41) is 8.86. The van der Waals surface area contributed by atoms with Crippen molar-refractivity contribution >= 4 is 5.82 Å². The number of hydrogen-bond acceptors (Lipinski definition) is 4. The van der Waals surface area contributed by atoms with E-state index in [-0.39, 0.29) is 25.2 Å². The number of rotatable bonds is 1. The van der Waals surface area contributed by atoms with Crippen molar-refractivity contribution in [2.24, 2.45) is 0 Å². The molecule has 0 fully saturated rings. The van der Waals surface area contributed by atoms with Crippen molar-refractivity contribution in [1.29, 1.82) is 5.26 Å². The van der Waals surface area contributed by atoms with E-state index in [1.54, 1.807) is 4.90 Å². The summed E-state index contributed by atoms with van der Waals surface area (Å²) in [6, 6.07) is 1.88. The van der Waals surface area contributed by atoms with Gasteiger partial charge in [0.15, 0.2) is 11.5 Å². The van der Waals surface area contributed by atoms with Gasteiger partial charge in [0.05, 0.1) is 0 Å². The van der Waals surface area contributed by atoms with Crippen LogP contribution in [0.15, 0.2) is 24.0 Å². The highest BCUT2D eigenvalue weighted by atomic mass is 19.4. The van der Waals surface area contributed by atoms with Crippen LogP contribution < -0.4 is 4.90 Å². The molecule has 0 radical (unpaired) electrons. The van der Waals surface area contributed by atoms with Gasteiger partial charge in [-0.25, -0.2) is 9.97 Å². The van der Waals surface area contributed by atoms with Gasteiger partial charge in [-0.05, 0) is 6.42 Å². The molecule has 1 aromatic rings. The number of nitriles is 1. The first-order chi connectivity index (χ1) is 8.52. The molecule has 2 rings (SSSR count). The number of alkyl halides is 3. The molecule has 94 valence electrons. The molecular weight excluding hydrogens is 245 g/mol. The summed E-state index contributed by atoms with van der Waals surface area (Å²) in [6.45, 7) is 0.265. The lowest BCUT2D eigenvalue weighted by Crippen LogP contribution is -2.33. The zero-order valence-corrected chi connectivity index (χ0v) is 9.28. The summed E-state index contributed by atoms with van der Waals surface area (Å²) >= 11 is 0. The molecule has 0 N–H and O–H groups in total. The monoisotopic (exact) mass is 254 g/mol. The molecule has 0 spiro atoms. The quantitative estimate of drug-likeness (QED) is 0.720. The number of hydrogen-bond donors (Lipinski definition) is 0. The molecule has 0 saturated carbocycles. The minimum absolute atomic E-state index is 0.0855. The maximum Gasteiger partial charge on any atom is 0.412 e. The van der Waals surface area contributed by atoms with Gasteiger partial charge in [-0.3, -0.25) is 0 Å². The summed E-state index contributed by atoms with van der Waals surface area (Å²) in [5.41, 5.74) is -0.400. The summed E-state index contributed by atoms with van der Waals surface area (Å²) in [7, 11) is 0. The van der Waals surface area contributed by atoms with Crippen molar-refractivity contribution in [1.82, 2.24) is 9.97 Å². The van der Waals surface area contributed by atoms with Crippen molar-refractivity contribution in [3.05, 3.63) is 29.7 Å². The molecule has 0 amide bonds. The maximum atomic E-state index is 12.4. The molecule has 2 heterocycles. The van der Waals surface area contributed by atoms with Crippen LogP contribution >= 0.6 is 0 Å². The number of anilines is 1. The Morgan fingerprint density at radius 1 is 1.28 bits per heavy atom. The van der Waals surface area contributed by atoms with Gasteiger partial charge in [0.1, 0.15) is 6.07 Å². The van der Waals surface area contributed by atoms with Crippen LogP contribution in [-0.4, -0.2) is 29.2 Å². The zero-order valence-electron chi connectivity index (χ0n) is 9.28. The van der Waals surface area contributed by atoms with E-state index < -0.39 is 11.7 Å². The summed E-state index contributed by atoms with van der Waals surface area (Å²) in [6.07, 6.45) is -0.459. The second-order valence-corrected chi connectivity index (χ2v) is 3.76. The standard InChI is InChI=1S/C11H9F3N4/c12-11(13,14)8-1-5-18(6-2-8)10-9(7-15)16-3-4-17-10/h1,3-4H,2,5-6H2. The van der Waals surface area contributed by atoms with E-state index in [9.17, 15) is 13.2 Å². The minimum Gasteiger partial charge on any atom is -0.350 e. The Bertz CT molecular complexity index is 516. The predicted octanol–water partition coefficient (Wildman–Crippen LogP) is 2.05. The summed E-state index contributed by atoms with van der Waals surface area (Å²) < 4.78 is 37.3. The molecular formula is C11H9F3N4. The van der Waals surface area contributed by atoms with E-state index >= 15 is 0 Å². The summed E-state index contributed by atoms with van der Waals surface area (Å²) in [4.78, 5) is 9.43. The Kier molecular flexibility index (Phi) is 3.19. The lowest BCUT2D eigenvalue weighted by molar-refractivity contribution is -0.0944. The number of nitrogens with zero attached hydrogens (tertiary/aromatic N) is 4. The van der Waals surface area contributed by atoms with Gasteiger partial charge in [0.25, 0.3) is 0 Å². The van der Waals surface area contributed by atoms with Crippen molar-refractivity contribution in [3.63, 3.8) is 0 Å². The zero-order chi connectivity index (χ0) is 13.2. The fourth-order valence-electron chi connectivity index (χ4n) is 1.76. The molecule has 1 aliphatic rings. The molecule has 0 aliphatic carbocycles.